The first-order valence-corrected chi connectivity index (χ1v) is 5.95. The summed E-state index contributed by atoms with van der Waals surface area (Å²) in [5.74, 6) is 0.789. The Morgan fingerprint density at radius 1 is 1.35 bits per heavy atom. The van der Waals surface area contributed by atoms with E-state index in [4.69, 9.17) is 4.74 Å². The zero-order valence-corrected chi connectivity index (χ0v) is 10.0. The van der Waals surface area contributed by atoms with Gasteiger partial charge < -0.3 is 15.4 Å². The lowest BCUT2D eigenvalue weighted by Gasteiger charge is -2.26. The van der Waals surface area contributed by atoms with E-state index in [-0.39, 0.29) is 5.91 Å². The quantitative estimate of drug-likeness (QED) is 0.816. The third-order valence-electron chi connectivity index (χ3n) is 3.03. The van der Waals surface area contributed by atoms with E-state index in [0.29, 0.717) is 12.6 Å². The van der Waals surface area contributed by atoms with Crippen molar-refractivity contribution in [3.8, 4) is 5.75 Å². The van der Waals surface area contributed by atoms with E-state index in [1.54, 1.807) is 7.11 Å². The summed E-state index contributed by atoms with van der Waals surface area (Å²) >= 11 is 0. The van der Waals surface area contributed by atoms with Crippen molar-refractivity contribution in [2.75, 3.05) is 19.0 Å². The van der Waals surface area contributed by atoms with Crippen LogP contribution in [0.3, 0.4) is 0 Å². The SMILES string of the molecule is COc1ccc(NC(=O)CNC2CCC2)cc1. The highest BCUT2D eigenvalue weighted by atomic mass is 16.5. The fraction of sp³-hybridized carbons (Fsp3) is 0.462. The second-order valence-corrected chi connectivity index (χ2v) is 4.29. The number of hydrogen-bond donors (Lipinski definition) is 2. The van der Waals surface area contributed by atoms with Crippen molar-refractivity contribution >= 4 is 11.6 Å². The molecule has 1 fully saturated rings. The van der Waals surface area contributed by atoms with Crippen LogP contribution in [-0.4, -0.2) is 25.6 Å². The smallest absolute Gasteiger partial charge is 0.238 e. The van der Waals surface area contributed by atoms with E-state index in [9.17, 15) is 4.79 Å². The van der Waals surface area contributed by atoms with Gasteiger partial charge in [-0.2, -0.15) is 0 Å². The number of methoxy groups -OCH3 is 1. The highest BCUT2D eigenvalue weighted by Gasteiger charge is 2.17. The molecule has 1 aliphatic carbocycles. The maximum Gasteiger partial charge on any atom is 0.238 e. The minimum Gasteiger partial charge on any atom is -0.497 e. The molecule has 0 unspecified atom stereocenters. The summed E-state index contributed by atoms with van der Waals surface area (Å²) in [6.07, 6.45) is 3.66. The van der Waals surface area contributed by atoms with E-state index in [0.717, 1.165) is 11.4 Å². The standard InChI is InChI=1S/C13H18N2O2/c1-17-12-7-5-11(6-8-12)15-13(16)9-14-10-3-2-4-10/h5-8,10,14H,2-4,9H2,1H3,(H,15,16). The number of benzene rings is 1. The maximum atomic E-state index is 11.6. The Morgan fingerprint density at radius 3 is 2.59 bits per heavy atom. The average Bonchev–Trinajstić information content (AvgIpc) is 2.28. The van der Waals surface area contributed by atoms with Gasteiger partial charge >= 0.3 is 0 Å². The molecular weight excluding hydrogens is 216 g/mol. The fourth-order valence-corrected chi connectivity index (χ4v) is 1.73. The lowest BCUT2D eigenvalue weighted by atomic mass is 9.93. The molecule has 2 rings (SSSR count). The van der Waals surface area contributed by atoms with E-state index >= 15 is 0 Å². The van der Waals surface area contributed by atoms with Gasteiger partial charge in [0, 0.05) is 11.7 Å². The van der Waals surface area contributed by atoms with Crippen LogP contribution in [0.1, 0.15) is 19.3 Å². The van der Waals surface area contributed by atoms with Crippen LogP contribution in [0.25, 0.3) is 0 Å². The summed E-state index contributed by atoms with van der Waals surface area (Å²) in [5, 5.41) is 6.06. The van der Waals surface area contributed by atoms with Gasteiger partial charge in [-0.1, -0.05) is 6.42 Å². The van der Waals surface area contributed by atoms with E-state index in [2.05, 4.69) is 10.6 Å². The average molecular weight is 234 g/mol. The molecule has 1 saturated carbocycles. The molecule has 0 spiro atoms. The maximum absolute atomic E-state index is 11.6. The van der Waals surface area contributed by atoms with Crippen LogP contribution in [0.5, 0.6) is 5.75 Å². The lowest BCUT2D eigenvalue weighted by molar-refractivity contribution is -0.115. The Balaban J connectivity index is 1.76. The first-order chi connectivity index (χ1) is 8.28. The first-order valence-electron chi connectivity index (χ1n) is 5.95. The Hall–Kier alpha value is -1.55. The zero-order chi connectivity index (χ0) is 12.1. The molecule has 0 heterocycles. The van der Waals surface area contributed by atoms with Gasteiger partial charge in [0.25, 0.3) is 0 Å². The van der Waals surface area contributed by atoms with Crippen molar-refractivity contribution < 1.29 is 9.53 Å². The van der Waals surface area contributed by atoms with Gasteiger partial charge in [-0.05, 0) is 37.1 Å². The normalized spacial score (nSPS) is 15.1. The third kappa shape index (κ3) is 3.46. The Bertz CT molecular complexity index is 372. The molecule has 0 saturated heterocycles. The Labute approximate surface area is 101 Å². The van der Waals surface area contributed by atoms with Crippen molar-refractivity contribution in [3.63, 3.8) is 0 Å². The molecule has 4 heteroatoms. The number of amides is 1. The zero-order valence-electron chi connectivity index (χ0n) is 10.0. The van der Waals surface area contributed by atoms with Gasteiger partial charge in [0.1, 0.15) is 5.75 Å². The molecule has 0 atom stereocenters. The predicted octanol–water partition coefficient (Wildman–Crippen LogP) is 1.78. The second kappa shape index (κ2) is 5.68. The molecule has 1 aliphatic rings. The molecule has 17 heavy (non-hydrogen) atoms. The van der Waals surface area contributed by atoms with Gasteiger partial charge in [0.05, 0.1) is 13.7 Å². The van der Waals surface area contributed by atoms with Crippen LogP contribution in [0.4, 0.5) is 5.69 Å². The predicted molar refractivity (Wildman–Crippen MR) is 67.3 cm³/mol. The lowest BCUT2D eigenvalue weighted by Crippen LogP contribution is -2.40. The van der Waals surface area contributed by atoms with Crippen LogP contribution in [0.15, 0.2) is 24.3 Å². The van der Waals surface area contributed by atoms with Crippen molar-refractivity contribution in [3.05, 3.63) is 24.3 Å². The van der Waals surface area contributed by atoms with Crippen LogP contribution in [0, 0.1) is 0 Å². The van der Waals surface area contributed by atoms with Crippen molar-refractivity contribution in [2.24, 2.45) is 0 Å². The minimum atomic E-state index is 0.00191. The van der Waals surface area contributed by atoms with Crippen molar-refractivity contribution in [2.45, 2.75) is 25.3 Å². The molecular formula is C13H18N2O2. The number of anilines is 1. The summed E-state index contributed by atoms with van der Waals surface area (Å²) in [6.45, 7) is 0.386. The number of carbonyl (C=O) groups is 1. The van der Waals surface area contributed by atoms with E-state index in [1.165, 1.54) is 19.3 Å². The van der Waals surface area contributed by atoms with Crippen LogP contribution < -0.4 is 15.4 Å². The number of carbonyl (C=O) groups excluding carboxylic acids is 1. The van der Waals surface area contributed by atoms with Gasteiger partial charge in [0.2, 0.25) is 5.91 Å². The second-order valence-electron chi connectivity index (χ2n) is 4.29. The number of nitrogens with one attached hydrogen (secondary N) is 2. The summed E-state index contributed by atoms with van der Waals surface area (Å²) < 4.78 is 5.05. The molecule has 2 N–H and O–H groups in total. The highest BCUT2D eigenvalue weighted by Crippen LogP contribution is 2.18. The van der Waals surface area contributed by atoms with Crippen LogP contribution in [-0.2, 0) is 4.79 Å². The molecule has 0 aromatic heterocycles. The Kier molecular flexibility index (Phi) is 3.98. The molecule has 0 bridgehead atoms. The van der Waals surface area contributed by atoms with Crippen LogP contribution >= 0.6 is 0 Å². The van der Waals surface area contributed by atoms with E-state index in [1.807, 2.05) is 24.3 Å². The van der Waals surface area contributed by atoms with Gasteiger partial charge in [-0.25, -0.2) is 0 Å². The number of rotatable bonds is 5. The van der Waals surface area contributed by atoms with Crippen molar-refractivity contribution in [1.29, 1.82) is 0 Å². The van der Waals surface area contributed by atoms with Gasteiger partial charge in [-0.15, -0.1) is 0 Å². The minimum absolute atomic E-state index is 0.00191. The number of hydrogen-bond acceptors (Lipinski definition) is 3. The fourth-order valence-electron chi connectivity index (χ4n) is 1.73. The molecule has 0 radical (unpaired) electrons. The Morgan fingerprint density at radius 2 is 2.06 bits per heavy atom. The van der Waals surface area contributed by atoms with Crippen molar-refractivity contribution in [1.82, 2.24) is 5.32 Å². The van der Waals surface area contributed by atoms with Gasteiger partial charge in [-0.3, -0.25) is 4.79 Å². The monoisotopic (exact) mass is 234 g/mol. The first kappa shape index (κ1) is 11.9. The largest absolute Gasteiger partial charge is 0.497 e. The summed E-state index contributed by atoms with van der Waals surface area (Å²) in [6, 6.07) is 7.86. The highest BCUT2D eigenvalue weighted by molar-refractivity contribution is 5.92. The molecule has 1 aromatic carbocycles. The third-order valence-corrected chi connectivity index (χ3v) is 3.03. The van der Waals surface area contributed by atoms with E-state index < -0.39 is 0 Å². The molecule has 4 nitrogen and oxygen atoms in total. The topological polar surface area (TPSA) is 50.4 Å². The summed E-state index contributed by atoms with van der Waals surface area (Å²) in [4.78, 5) is 11.6. The van der Waals surface area contributed by atoms with Crippen LogP contribution in [0.2, 0.25) is 0 Å². The number of ether oxygens (including phenoxy) is 1. The summed E-state index contributed by atoms with van der Waals surface area (Å²) in [7, 11) is 1.62. The molecule has 1 amide bonds. The molecule has 1 aromatic rings. The molecule has 0 aliphatic heterocycles. The molecule has 92 valence electrons. The summed E-state index contributed by atoms with van der Waals surface area (Å²) in [5.41, 5.74) is 0.797. The van der Waals surface area contributed by atoms with Gasteiger partial charge in [0.15, 0.2) is 0 Å².